The van der Waals surface area contributed by atoms with Gasteiger partial charge in [-0.1, -0.05) is 13.8 Å². The first-order valence-electron chi connectivity index (χ1n) is 5.51. The number of aromatic nitrogens is 1. The zero-order chi connectivity index (χ0) is 12.3. The van der Waals surface area contributed by atoms with Crippen molar-refractivity contribution in [1.82, 2.24) is 4.98 Å². The van der Waals surface area contributed by atoms with Gasteiger partial charge in [-0.25, -0.2) is 4.98 Å². The van der Waals surface area contributed by atoms with Crippen molar-refractivity contribution in [2.75, 3.05) is 0 Å². The second kappa shape index (κ2) is 5.19. The first kappa shape index (κ1) is 11.9. The van der Waals surface area contributed by atoms with E-state index in [4.69, 9.17) is 9.84 Å². The molecule has 0 aliphatic rings. The quantitative estimate of drug-likeness (QED) is 0.901. The number of benzene rings is 1. The van der Waals surface area contributed by atoms with E-state index in [1.807, 2.05) is 5.38 Å². The molecule has 0 aliphatic heterocycles. The summed E-state index contributed by atoms with van der Waals surface area (Å²) in [5, 5.41) is 12.3. The summed E-state index contributed by atoms with van der Waals surface area (Å²) in [6, 6.07) is 6.70. The van der Waals surface area contributed by atoms with Crippen molar-refractivity contribution in [3.63, 3.8) is 0 Å². The molecular formula is C13H15NO2S. The number of hydrogen-bond acceptors (Lipinski definition) is 4. The molecule has 90 valence electrons. The smallest absolute Gasteiger partial charge is 0.131 e. The van der Waals surface area contributed by atoms with Gasteiger partial charge in [-0.15, -0.1) is 11.3 Å². The van der Waals surface area contributed by atoms with Crippen LogP contribution in [0, 0.1) is 0 Å². The summed E-state index contributed by atoms with van der Waals surface area (Å²) >= 11 is 1.66. The van der Waals surface area contributed by atoms with Crippen molar-refractivity contribution in [2.45, 2.75) is 26.4 Å². The molecule has 0 unspecified atom stereocenters. The second-order valence-electron chi connectivity index (χ2n) is 4.11. The lowest BCUT2D eigenvalue weighted by molar-refractivity contribution is 0.301. The number of ether oxygens (including phenoxy) is 1. The van der Waals surface area contributed by atoms with Crippen LogP contribution in [-0.4, -0.2) is 10.1 Å². The van der Waals surface area contributed by atoms with Crippen molar-refractivity contribution in [3.8, 4) is 11.5 Å². The van der Waals surface area contributed by atoms with Crippen LogP contribution in [0.1, 0.15) is 30.5 Å². The van der Waals surface area contributed by atoms with Crippen molar-refractivity contribution in [1.29, 1.82) is 0 Å². The molecule has 4 heteroatoms. The van der Waals surface area contributed by atoms with Crippen LogP contribution in [0.25, 0.3) is 0 Å². The molecule has 0 saturated heterocycles. The molecule has 1 aromatic carbocycles. The molecule has 1 heterocycles. The third-order valence-electron chi connectivity index (χ3n) is 2.29. The molecule has 17 heavy (non-hydrogen) atoms. The molecule has 0 amide bonds. The molecule has 0 fully saturated rings. The van der Waals surface area contributed by atoms with Crippen LogP contribution >= 0.6 is 11.3 Å². The van der Waals surface area contributed by atoms with Crippen LogP contribution in [0.5, 0.6) is 11.5 Å². The molecule has 0 radical (unpaired) electrons. The Balaban J connectivity index is 1.95. The standard InChI is InChI=1S/C13H15NO2S/c1-9(2)13-14-10(8-17-13)7-16-12-5-3-11(15)4-6-12/h3-6,8-9,15H,7H2,1-2H3. The highest BCUT2D eigenvalue weighted by Crippen LogP contribution is 2.21. The van der Waals surface area contributed by atoms with E-state index in [0.717, 1.165) is 16.5 Å². The van der Waals surface area contributed by atoms with E-state index in [1.54, 1.807) is 35.6 Å². The van der Waals surface area contributed by atoms with Crippen molar-refractivity contribution >= 4 is 11.3 Å². The third kappa shape index (κ3) is 3.20. The Morgan fingerprint density at radius 2 is 2.00 bits per heavy atom. The minimum atomic E-state index is 0.244. The second-order valence-corrected chi connectivity index (χ2v) is 5.00. The number of nitrogens with zero attached hydrogens (tertiary/aromatic N) is 1. The minimum Gasteiger partial charge on any atom is -0.508 e. The fourth-order valence-corrected chi connectivity index (χ4v) is 2.17. The van der Waals surface area contributed by atoms with Gasteiger partial charge in [0.2, 0.25) is 0 Å². The van der Waals surface area contributed by atoms with E-state index in [9.17, 15) is 0 Å². The summed E-state index contributed by atoms with van der Waals surface area (Å²) in [5.41, 5.74) is 0.951. The molecule has 0 atom stereocenters. The monoisotopic (exact) mass is 249 g/mol. The lowest BCUT2D eigenvalue weighted by Crippen LogP contribution is -1.96. The molecule has 0 spiro atoms. The number of phenolic OH excluding ortho intramolecular Hbond substituents is 1. The summed E-state index contributed by atoms with van der Waals surface area (Å²) in [7, 11) is 0. The highest BCUT2D eigenvalue weighted by molar-refractivity contribution is 7.09. The van der Waals surface area contributed by atoms with Gasteiger partial charge >= 0.3 is 0 Å². The average Bonchev–Trinajstić information content (AvgIpc) is 2.77. The van der Waals surface area contributed by atoms with E-state index < -0.39 is 0 Å². The van der Waals surface area contributed by atoms with E-state index in [2.05, 4.69) is 18.8 Å². The van der Waals surface area contributed by atoms with Crippen molar-refractivity contribution < 1.29 is 9.84 Å². The number of rotatable bonds is 4. The highest BCUT2D eigenvalue weighted by atomic mass is 32.1. The van der Waals surface area contributed by atoms with E-state index in [0.29, 0.717) is 12.5 Å². The van der Waals surface area contributed by atoms with Crippen LogP contribution < -0.4 is 4.74 Å². The molecule has 2 rings (SSSR count). The lowest BCUT2D eigenvalue weighted by Gasteiger charge is -2.04. The zero-order valence-electron chi connectivity index (χ0n) is 9.88. The number of phenols is 1. The Kier molecular flexibility index (Phi) is 3.64. The number of hydrogen-bond donors (Lipinski definition) is 1. The first-order chi connectivity index (χ1) is 8.15. The van der Waals surface area contributed by atoms with Gasteiger partial charge in [0, 0.05) is 11.3 Å². The van der Waals surface area contributed by atoms with Crippen LogP contribution in [0.15, 0.2) is 29.6 Å². The predicted molar refractivity (Wildman–Crippen MR) is 68.6 cm³/mol. The van der Waals surface area contributed by atoms with Crippen molar-refractivity contribution in [2.24, 2.45) is 0 Å². The normalized spacial score (nSPS) is 10.8. The highest BCUT2D eigenvalue weighted by Gasteiger charge is 2.06. The van der Waals surface area contributed by atoms with Crippen LogP contribution in [0.3, 0.4) is 0 Å². The van der Waals surface area contributed by atoms with Gasteiger partial charge in [-0.3, -0.25) is 0 Å². The van der Waals surface area contributed by atoms with Gasteiger partial charge < -0.3 is 9.84 Å². The Bertz CT molecular complexity index is 476. The Labute approximate surface area is 105 Å². The lowest BCUT2D eigenvalue weighted by atomic mass is 10.2. The summed E-state index contributed by atoms with van der Waals surface area (Å²) in [6.07, 6.45) is 0. The van der Waals surface area contributed by atoms with E-state index >= 15 is 0 Å². The Hall–Kier alpha value is -1.55. The van der Waals surface area contributed by atoms with Gasteiger partial charge in [0.15, 0.2) is 0 Å². The maximum atomic E-state index is 9.14. The van der Waals surface area contributed by atoms with Crippen LogP contribution in [-0.2, 0) is 6.61 Å². The van der Waals surface area contributed by atoms with Gasteiger partial charge in [-0.05, 0) is 24.3 Å². The Morgan fingerprint density at radius 1 is 1.29 bits per heavy atom. The zero-order valence-corrected chi connectivity index (χ0v) is 10.7. The minimum absolute atomic E-state index is 0.244. The molecule has 0 aliphatic carbocycles. The molecule has 3 nitrogen and oxygen atoms in total. The van der Waals surface area contributed by atoms with E-state index in [1.165, 1.54) is 0 Å². The fourth-order valence-electron chi connectivity index (χ4n) is 1.35. The largest absolute Gasteiger partial charge is 0.508 e. The van der Waals surface area contributed by atoms with Gasteiger partial charge in [-0.2, -0.15) is 0 Å². The van der Waals surface area contributed by atoms with Crippen LogP contribution in [0.4, 0.5) is 0 Å². The average molecular weight is 249 g/mol. The van der Waals surface area contributed by atoms with Gasteiger partial charge in [0.1, 0.15) is 18.1 Å². The maximum absolute atomic E-state index is 9.14. The van der Waals surface area contributed by atoms with Crippen LogP contribution in [0.2, 0.25) is 0 Å². The molecule has 1 N–H and O–H groups in total. The molecule has 1 aromatic heterocycles. The molecule has 0 bridgehead atoms. The van der Waals surface area contributed by atoms with Gasteiger partial charge in [0.25, 0.3) is 0 Å². The first-order valence-corrected chi connectivity index (χ1v) is 6.39. The molecular weight excluding hydrogens is 234 g/mol. The summed E-state index contributed by atoms with van der Waals surface area (Å²) in [5.74, 6) is 1.44. The topological polar surface area (TPSA) is 42.4 Å². The summed E-state index contributed by atoms with van der Waals surface area (Å²) < 4.78 is 5.57. The van der Waals surface area contributed by atoms with Crippen molar-refractivity contribution in [3.05, 3.63) is 40.3 Å². The third-order valence-corrected chi connectivity index (χ3v) is 3.48. The Morgan fingerprint density at radius 3 is 2.59 bits per heavy atom. The molecule has 2 aromatic rings. The molecule has 0 saturated carbocycles. The predicted octanol–water partition coefficient (Wildman–Crippen LogP) is 3.55. The van der Waals surface area contributed by atoms with E-state index in [-0.39, 0.29) is 5.75 Å². The summed E-state index contributed by atoms with van der Waals surface area (Å²) in [4.78, 5) is 4.49. The number of thiazole rings is 1. The summed E-state index contributed by atoms with van der Waals surface area (Å²) in [6.45, 7) is 4.72. The maximum Gasteiger partial charge on any atom is 0.131 e. The number of aromatic hydroxyl groups is 1. The fraction of sp³-hybridized carbons (Fsp3) is 0.308. The SMILES string of the molecule is CC(C)c1nc(COc2ccc(O)cc2)cs1. The van der Waals surface area contributed by atoms with Gasteiger partial charge in [0.05, 0.1) is 10.7 Å².